The maximum absolute atomic E-state index is 11.9. The Morgan fingerprint density at radius 3 is 2.61 bits per heavy atom. The first kappa shape index (κ1) is 15.3. The van der Waals surface area contributed by atoms with Crippen LogP contribution in [0.1, 0.15) is 10.4 Å². The zero-order valence-corrected chi connectivity index (χ0v) is 12.8. The normalized spacial score (nSPS) is 9.89. The van der Waals surface area contributed by atoms with Gasteiger partial charge in [0.15, 0.2) is 5.78 Å². The summed E-state index contributed by atoms with van der Waals surface area (Å²) in [6.45, 7) is 0. The van der Waals surface area contributed by atoms with Gasteiger partial charge in [0.1, 0.15) is 12.4 Å². The maximum atomic E-state index is 11.9. The molecule has 0 fully saturated rings. The summed E-state index contributed by atoms with van der Waals surface area (Å²) < 4.78 is 1.94. The van der Waals surface area contributed by atoms with Gasteiger partial charge >= 0.3 is 5.16 Å². The molecule has 0 amide bonds. The Kier molecular flexibility index (Phi) is 5.91. The van der Waals surface area contributed by atoms with E-state index in [1.54, 1.807) is 24.3 Å². The van der Waals surface area contributed by atoms with Crippen LogP contribution in [-0.4, -0.2) is 16.5 Å². The van der Waals surface area contributed by atoms with Crippen LogP contribution in [0.25, 0.3) is 0 Å². The SMILES string of the molecule is C[n+]1cc[nH]c1SCC(=O)c1ccc(Cl)cc1.[Br-]. The molecule has 0 aliphatic rings. The first-order chi connectivity index (χ1) is 8.16. The Bertz CT molecular complexity index is 527. The first-order valence-electron chi connectivity index (χ1n) is 5.11. The Morgan fingerprint density at radius 1 is 1.39 bits per heavy atom. The number of halogens is 2. The van der Waals surface area contributed by atoms with Gasteiger partial charge in [-0.25, -0.2) is 9.55 Å². The molecule has 1 heterocycles. The van der Waals surface area contributed by atoms with E-state index in [1.807, 2.05) is 24.0 Å². The van der Waals surface area contributed by atoms with Crippen LogP contribution in [-0.2, 0) is 7.05 Å². The Morgan fingerprint density at radius 2 is 2.06 bits per heavy atom. The minimum Gasteiger partial charge on any atom is -1.00 e. The summed E-state index contributed by atoms with van der Waals surface area (Å²) in [5.74, 6) is 0.511. The molecule has 18 heavy (non-hydrogen) atoms. The van der Waals surface area contributed by atoms with Crippen molar-refractivity contribution in [2.45, 2.75) is 5.16 Å². The van der Waals surface area contributed by atoms with Crippen LogP contribution in [0, 0.1) is 0 Å². The molecule has 1 N–H and O–H groups in total. The molecule has 1 aromatic heterocycles. The standard InChI is InChI=1S/C12H11ClN2OS.BrH/c1-15-7-6-14-12(15)17-8-11(16)9-2-4-10(13)5-3-9;/h2-7H,8H2,1H3;1H. The largest absolute Gasteiger partial charge is 1.00 e. The third-order valence-electron chi connectivity index (χ3n) is 2.33. The molecule has 0 atom stereocenters. The highest BCUT2D eigenvalue weighted by Crippen LogP contribution is 2.15. The van der Waals surface area contributed by atoms with Crippen LogP contribution in [0.15, 0.2) is 41.8 Å². The zero-order chi connectivity index (χ0) is 12.3. The van der Waals surface area contributed by atoms with Gasteiger partial charge in [0.05, 0.1) is 12.8 Å². The lowest BCUT2D eigenvalue weighted by molar-refractivity contribution is -0.708. The van der Waals surface area contributed by atoms with Gasteiger partial charge in [-0.1, -0.05) is 11.6 Å². The molecule has 1 aromatic carbocycles. The van der Waals surface area contributed by atoms with Crippen LogP contribution in [0.2, 0.25) is 5.02 Å². The van der Waals surface area contributed by atoms with E-state index >= 15 is 0 Å². The van der Waals surface area contributed by atoms with Crippen molar-refractivity contribution in [2.24, 2.45) is 7.05 Å². The second-order valence-corrected chi connectivity index (χ2v) is 5.00. The molecule has 0 bridgehead atoms. The molecule has 0 radical (unpaired) electrons. The van der Waals surface area contributed by atoms with Crippen molar-refractivity contribution in [3.8, 4) is 0 Å². The van der Waals surface area contributed by atoms with E-state index in [4.69, 9.17) is 11.6 Å². The topological polar surface area (TPSA) is 36.7 Å². The van der Waals surface area contributed by atoms with Crippen LogP contribution in [0.4, 0.5) is 0 Å². The lowest BCUT2D eigenvalue weighted by Gasteiger charge is -1.99. The van der Waals surface area contributed by atoms with Gasteiger partial charge in [-0.3, -0.25) is 4.79 Å². The summed E-state index contributed by atoms with van der Waals surface area (Å²) in [5, 5.41) is 1.61. The summed E-state index contributed by atoms with van der Waals surface area (Å²) in [5.41, 5.74) is 0.691. The number of H-pyrrole nitrogens is 1. The number of aromatic nitrogens is 2. The third-order valence-corrected chi connectivity index (χ3v) is 3.67. The minimum atomic E-state index is 0. The molecule has 2 rings (SSSR count). The second-order valence-electron chi connectivity index (χ2n) is 3.59. The molecular weight excluding hydrogens is 336 g/mol. The number of rotatable bonds is 4. The predicted molar refractivity (Wildman–Crippen MR) is 68.5 cm³/mol. The van der Waals surface area contributed by atoms with Crippen LogP contribution in [0.3, 0.4) is 0 Å². The van der Waals surface area contributed by atoms with Gasteiger partial charge in [0.2, 0.25) is 0 Å². The molecule has 0 saturated heterocycles. The van der Waals surface area contributed by atoms with Gasteiger partial charge in [-0.15, -0.1) is 0 Å². The molecule has 2 aromatic rings. The molecule has 0 aliphatic heterocycles. The van der Waals surface area contributed by atoms with Crippen LogP contribution < -0.4 is 21.5 Å². The van der Waals surface area contributed by atoms with Crippen molar-refractivity contribution in [1.29, 1.82) is 0 Å². The minimum absolute atomic E-state index is 0. The maximum Gasteiger partial charge on any atom is 0.315 e. The molecule has 0 aliphatic carbocycles. The van der Waals surface area contributed by atoms with Crippen molar-refractivity contribution in [2.75, 3.05) is 5.75 Å². The molecule has 0 spiro atoms. The zero-order valence-electron chi connectivity index (χ0n) is 9.69. The van der Waals surface area contributed by atoms with Gasteiger partial charge in [0, 0.05) is 10.6 Å². The summed E-state index contributed by atoms with van der Waals surface area (Å²) in [6, 6.07) is 6.96. The fourth-order valence-corrected chi connectivity index (χ4v) is 2.36. The molecule has 0 saturated carbocycles. The second kappa shape index (κ2) is 6.97. The Hall–Kier alpha value is -0.780. The Labute approximate surface area is 125 Å². The van der Waals surface area contributed by atoms with Crippen LogP contribution in [0.5, 0.6) is 0 Å². The first-order valence-corrected chi connectivity index (χ1v) is 6.48. The van der Waals surface area contributed by atoms with Crippen molar-refractivity contribution >= 4 is 29.1 Å². The molecule has 3 nitrogen and oxygen atoms in total. The van der Waals surface area contributed by atoms with Gasteiger partial charge in [-0.05, 0) is 36.0 Å². The summed E-state index contributed by atoms with van der Waals surface area (Å²) in [6.07, 6.45) is 3.75. The number of thioether (sulfide) groups is 1. The van der Waals surface area contributed by atoms with Crippen molar-refractivity contribution < 1.29 is 26.3 Å². The highest BCUT2D eigenvalue weighted by Gasteiger charge is 2.12. The molecule has 6 heteroatoms. The molecule has 96 valence electrons. The highest BCUT2D eigenvalue weighted by atomic mass is 79.9. The lowest BCUT2D eigenvalue weighted by Crippen LogP contribution is -3.00. The number of carbonyl (C=O) groups excluding carboxylic acids is 1. The van der Waals surface area contributed by atoms with Crippen LogP contribution >= 0.6 is 23.4 Å². The quantitative estimate of drug-likeness (QED) is 0.459. The number of nitrogens with one attached hydrogen (secondary N) is 1. The van der Waals surface area contributed by atoms with E-state index in [0.29, 0.717) is 16.3 Å². The fourth-order valence-electron chi connectivity index (χ4n) is 1.39. The Balaban J connectivity index is 0.00000162. The summed E-state index contributed by atoms with van der Waals surface area (Å²) in [7, 11) is 1.94. The number of hydrogen-bond donors (Lipinski definition) is 1. The smallest absolute Gasteiger partial charge is 0.315 e. The van der Waals surface area contributed by atoms with Gasteiger partial charge in [-0.2, -0.15) is 0 Å². The summed E-state index contributed by atoms with van der Waals surface area (Å²) in [4.78, 5) is 14.9. The van der Waals surface area contributed by atoms with E-state index in [1.165, 1.54) is 11.8 Å². The van der Waals surface area contributed by atoms with Crippen molar-refractivity contribution in [3.63, 3.8) is 0 Å². The number of nitrogens with zero attached hydrogens (tertiary/aromatic N) is 1. The number of aromatic amines is 1. The number of carbonyl (C=O) groups is 1. The number of benzene rings is 1. The highest BCUT2D eigenvalue weighted by molar-refractivity contribution is 7.99. The number of Topliss-reactive ketones (excluding diaryl/α,β-unsaturated/α-hetero) is 1. The average molecular weight is 348 g/mol. The van der Waals surface area contributed by atoms with Gasteiger partial charge < -0.3 is 17.0 Å². The number of hydrogen-bond acceptors (Lipinski definition) is 2. The number of imidazole rings is 1. The lowest BCUT2D eigenvalue weighted by atomic mass is 10.1. The van der Waals surface area contributed by atoms with Crippen molar-refractivity contribution in [3.05, 3.63) is 47.2 Å². The molecule has 0 unspecified atom stereocenters. The fraction of sp³-hybridized carbons (Fsp3) is 0.167. The van der Waals surface area contributed by atoms with E-state index in [9.17, 15) is 4.79 Å². The summed E-state index contributed by atoms with van der Waals surface area (Å²) >= 11 is 7.26. The average Bonchev–Trinajstić information content (AvgIpc) is 2.73. The van der Waals surface area contributed by atoms with Gasteiger partial charge in [0.25, 0.3) is 0 Å². The number of aryl methyl sites for hydroxylation is 1. The monoisotopic (exact) mass is 346 g/mol. The van der Waals surface area contributed by atoms with E-state index in [-0.39, 0.29) is 22.8 Å². The third kappa shape index (κ3) is 3.86. The van der Waals surface area contributed by atoms with E-state index in [0.717, 1.165) is 5.16 Å². The van der Waals surface area contributed by atoms with Crippen molar-refractivity contribution in [1.82, 2.24) is 4.98 Å². The van der Waals surface area contributed by atoms with E-state index in [2.05, 4.69) is 4.98 Å². The van der Waals surface area contributed by atoms with E-state index < -0.39 is 0 Å². The molecular formula is C12H12BrClN2OS. The predicted octanol–water partition coefficient (Wildman–Crippen LogP) is -0.528. The number of ketones is 1.